The molecule has 2 rings (SSSR count). The van der Waals surface area contributed by atoms with Crippen LogP contribution in [0.25, 0.3) is 0 Å². The topological polar surface area (TPSA) is 61.8 Å². The number of anilines is 2. The molecule has 0 atom stereocenters. The normalized spacial score (nSPS) is 14.3. The van der Waals surface area contributed by atoms with E-state index in [0.717, 1.165) is 23.7 Å². The van der Waals surface area contributed by atoms with Crippen LogP contribution >= 0.6 is 0 Å². The van der Waals surface area contributed by atoms with Gasteiger partial charge in [0.2, 0.25) is 0 Å². The lowest BCUT2D eigenvalue weighted by Gasteiger charge is -2.09. The molecule has 3 heteroatoms. The number of nitrogens with two attached hydrogens (primary N) is 1. The molecular formula is C14H19N3. The summed E-state index contributed by atoms with van der Waals surface area (Å²) in [5.74, 6) is 0.998. The molecule has 0 aromatic heterocycles. The number of hydrogen-bond acceptors (Lipinski definition) is 3. The van der Waals surface area contributed by atoms with Crippen LogP contribution in [0.3, 0.4) is 0 Å². The van der Waals surface area contributed by atoms with Crippen molar-refractivity contribution in [1.29, 1.82) is 5.26 Å². The van der Waals surface area contributed by atoms with E-state index in [9.17, 15) is 0 Å². The first-order valence-corrected chi connectivity index (χ1v) is 6.29. The maximum Gasteiger partial charge on any atom is 0.0670 e. The zero-order chi connectivity index (χ0) is 12.1. The number of nitrogens with zero attached hydrogens (tertiary/aromatic N) is 1. The second-order valence-corrected chi connectivity index (χ2v) is 4.76. The standard InChI is InChI=1S/C14H19N3/c15-8-7-12-10-13(5-6-14(12)16)17-9-1-2-11-3-4-11/h5-6,10-11,17H,1-4,7,9,16H2. The molecule has 90 valence electrons. The summed E-state index contributed by atoms with van der Waals surface area (Å²) in [7, 11) is 0. The van der Waals surface area contributed by atoms with Crippen LogP contribution in [-0.4, -0.2) is 6.54 Å². The minimum Gasteiger partial charge on any atom is -0.398 e. The average molecular weight is 229 g/mol. The number of rotatable bonds is 6. The molecule has 1 fully saturated rings. The Morgan fingerprint density at radius 2 is 2.24 bits per heavy atom. The van der Waals surface area contributed by atoms with Gasteiger partial charge in [-0.25, -0.2) is 0 Å². The summed E-state index contributed by atoms with van der Waals surface area (Å²) in [5, 5.41) is 12.1. The van der Waals surface area contributed by atoms with Crippen LogP contribution in [0.1, 0.15) is 31.2 Å². The van der Waals surface area contributed by atoms with Crippen LogP contribution in [0.2, 0.25) is 0 Å². The van der Waals surface area contributed by atoms with E-state index in [1.54, 1.807) is 0 Å². The Bertz CT molecular complexity index is 416. The van der Waals surface area contributed by atoms with Crippen LogP contribution in [0, 0.1) is 17.2 Å². The van der Waals surface area contributed by atoms with E-state index in [0.29, 0.717) is 12.1 Å². The summed E-state index contributed by atoms with van der Waals surface area (Å²) in [6.45, 7) is 1.01. The molecule has 1 aliphatic rings. The van der Waals surface area contributed by atoms with Crippen molar-refractivity contribution in [3.8, 4) is 6.07 Å². The third kappa shape index (κ3) is 3.67. The molecule has 0 aliphatic heterocycles. The molecule has 1 aliphatic carbocycles. The summed E-state index contributed by atoms with van der Waals surface area (Å²) in [4.78, 5) is 0. The molecular weight excluding hydrogens is 210 g/mol. The van der Waals surface area contributed by atoms with Gasteiger partial charge in [0.15, 0.2) is 0 Å². The predicted octanol–water partition coefficient (Wildman–Crippen LogP) is 2.94. The Labute approximate surface area is 103 Å². The molecule has 0 saturated heterocycles. The number of nitrogen functional groups attached to an aromatic ring is 1. The van der Waals surface area contributed by atoms with Gasteiger partial charge < -0.3 is 11.1 Å². The Hall–Kier alpha value is -1.69. The van der Waals surface area contributed by atoms with Crippen molar-refractivity contribution < 1.29 is 0 Å². The Morgan fingerprint density at radius 1 is 1.41 bits per heavy atom. The molecule has 0 bridgehead atoms. The molecule has 1 aromatic carbocycles. The van der Waals surface area contributed by atoms with Gasteiger partial charge in [0, 0.05) is 17.9 Å². The second-order valence-electron chi connectivity index (χ2n) is 4.76. The van der Waals surface area contributed by atoms with Gasteiger partial charge in [-0.15, -0.1) is 0 Å². The molecule has 1 saturated carbocycles. The van der Waals surface area contributed by atoms with E-state index < -0.39 is 0 Å². The summed E-state index contributed by atoms with van der Waals surface area (Å²) < 4.78 is 0. The molecule has 17 heavy (non-hydrogen) atoms. The van der Waals surface area contributed by atoms with Crippen molar-refractivity contribution in [3.05, 3.63) is 23.8 Å². The highest BCUT2D eigenvalue weighted by atomic mass is 14.9. The van der Waals surface area contributed by atoms with Crippen molar-refractivity contribution >= 4 is 11.4 Å². The first-order valence-electron chi connectivity index (χ1n) is 6.29. The van der Waals surface area contributed by atoms with E-state index in [1.165, 1.54) is 25.7 Å². The minimum absolute atomic E-state index is 0.378. The first-order chi connectivity index (χ1) is 8.29. The van der Waals surface area contributed by atoms with Crippen LogP contribution in [0.4, 0.5) is 11.4 Å². The van der Waals surface area contributed by atoms with Crippen molar-refractivity contribution in [2.24, 2.45) is 5.92 Å². The monoisotopic (exact) mass is 229 g/mol. The van der Waals surface area contributed by atoms with Gasteiger partial charge in [-0.05, 0) is 42.5 Å². The largest absolute Gasteiger partial charge is 0.398 e. The SMILES string of the molecule is N#CCc1cc(NCCCC2CC2)ccc1N. The quantitative estimate of drug-likeness (QED) is 0.582. The summed E-state index contributed by atoms with van der Waals surface area (Å²) in [6, 6.07) is 7.97. The summed E-state index contributed by atoms with van der Waals surface area (Å²) in [6.07, 6.45) is 5.79. The third-order valence-corrected chi connectivity index (χ3v) is 3.23. The molecule has 0 spiro atoms. The highest BCUT2D eigenvalue weighted by Crippen LogP contribution is 2.33. The predicted molar refractivity (Wildman–Crippen MR) is 70.6 cm³/mol. The molecule has 0 unspecified atom stereocenters. The summed E-state index contributed by atoms with van der Waals surface area (Å²) >= 11 is 0. The Kier molecular flexibility index (Phi) is 3.87. The van der Waals surface area contributed by atoms with Crippen molar-refractivity contribution in [1.82, 2.24) is 0 Å². The fourth-order valence-electron chi connectivity index (χ4n) is 1.98. The number of benzene rings is 1. The zero-order valence-electron chi connectivity index (χ0n) is 10.1. The zero-order valence-corrected chi connectivity index (χ0v) is 10.1. The molecule has 1 aromatic rings. The minimum atomic E-state index is 0.378. The molecule has 0 heterocycles. The molecule has 0 radical (unpaired) electrons. The number of hydrogen-bond donors (Lipinski definition) is 2. The van der Waals surface area contributed by atoms with Gasteiger partial charge in [-0.2, -0.15) is 5.26 Å². The Morgan fingerprint density at radius 3 is 2.94 bits per heavy atom. The second kappa shape index (κ2) is 5.58. The van der Waals surface area contributed by atoms with E-state index in [1.807, 2.05) is 18.2 Å². The van der Waals surface area contributed by atoms with Gasteiger partial charge >= 0.3 is 0 Å². The molecule has 3 N–H and O–H groups in total. The van der Waals surface area contributed by atoms with E-state index in [2.05, 4.69) is 11.4 Å². The van der Waals surface area contributed by atoms with E-state index in [-0.39, 0.29) is 0 Å². The highest BCUT2D eigenvalue weighted by molar-refractivity contribution is 5.57. The fraction of sp³-hybridized carbons (Fsp3) is 0.500. The van der Waals surface area contributed by atoms with Crippen LogP contribution in [0.15, 0.2) is 18.2 Å². The highest BCUT2D eigenvalue weighted by Gasteiger charge is 2.19. The van der Waals surface area contributed by atoms with Gasteiger partial charge in [-0.3, -0.25) is 0 Å². The lowest BCUT2D eigenvalue weighted by atomic mass is 10.1. The van der Waals surface area contributed by atoms with Gasteiger partial charge in [0.1, 0.15) is 0 Å². The van der Waals surface area contributed by atoms with Gasteiger partial charge in [-0.1, -0.05) is 12.8 Å². The van der Waals surface area contributed by atoms with E-state index in [4.69, 9.17) is 11.0 Å². The lowest BCUT2D eigenvalue weighted by Crippen LogP contribution is -2.03. The van der Waals surface area contributed by atoms with Gasteiger partial charge in [0.05, 0.1) is 12.5 Å². The maximum absolute atomic E-state index is 8.69. The van der Waals surface area contributed by atoms with Crippen molar-refractivity contribution in [2.45, 2.75) is 32.1 Å². The maximum atomic E-state index is 8.69. The number of nitrogens with one attached hydrogen (secondary N) is 1. The Balaban J connectivity index is 1.82. The smallest absolute Gasteiger partial charge is 0.0670 e. The first kappa shape index (κ1) is 11.8. The number of nitriles is 1. The van der Waals surface area contributed by atoms with Crippen molar-refractivity contribution in [2.75, 3.05) is 17.6 Å². The molecule has 0 amide bonds. The van der Waals surface area contributed by atoms with Crippen LogP contribution < -0.4 is 11.1 Å². The average Bonchev–Trinajstić information content (AvgIpc) is 3.13. The van der Waals surface area contributed by atoms with Gasteiger partial charge in [0.25, 0.3) is 0 Å². The van der Waals surface area contributed by atoms with Crippen molar-refractivity contribution in [3.63, 3.8) is 0 Å². The lowest BCUT2D eigenvalue weighted by molar-refractivity contribution is 0.687. The van der Waals surface area contributed by atoms with Crippen LogP contribution in [0.5, 0.6) is 0 Å². The summed E-state index contributed by atoms with van der Waals surface area (Å²) in [5.41, 5.74) is 8.49. The molecule has 3 nitrogen and oxygen atoms in total. The van der Waals surface area contributed by atoms with E-state index >= 15 is 0 Å². The fourth-order valence-corrected chi connectivity index (χ4v) is 1.98. The third-order valence-electron chi connectivity index (χ3n) is 3.23. The van der Waals surface area contributed by atoms with Crippen LogP contribution in [-0.2, 0) is 6.42 Å².